The van der Waals surface area contributed by atoms with E-state index < -0.39 is 0 Å². The predicted molar refractivity (Wildman–Crippen MR) is 83.5 cm³/mol. The highest BCUT2D eigenvalue weighted by Gasteiger charge is 2.21. The molecule has 0 aliphatic carbocycles. The number of carbonyl (C=O) groups excluding carboxylic acids is 1. The van der Waals surface area contributed by atoms with E-state index in [1.54, 1.807) is 18.2 Å². The van der Waals surface area contributed by atoms with Crippen molar-refractivity contribution in [3.8, 4) is 0 Å². The van der Waals surface area contributed by atoms with Crippen LogP contribution in [-0.2, 0) is 0 Å². The van der Waals surface area contributed by atoms with Crippen molar-refractivity contribution in [1.29, 1.82) is 0 Å². The van der Waals surface area contributed by atoms with E-state index in [2.05, 4.69) is 5.32 Å². The van der Waals surface area contributed by atoms with Crippen molar-refractivity contribution in [2.24, 2.45) is 5.73 Å². The molecule has 0 spiro atoms. The number of hydrogen-bond donors (Lipinski definition) is 2. The molecule has 1 amide bonds. The first-order valence-corrected chi connectivity index (χ1v) is 6.69. The van der Waals surface area contributed by atoms with E-state index in [4.69, 9.17) is 28.9 Å². The van der Waals surface area contributed by atoms with Crippen LogP contribution in [0.15, 0.2) is 18.2 Å². The molecule has 0 atom stereocenters. The molecule has 0 saturated heterocycles. The molecule has 0 aliphatic heterocycles. The maximum absolute atomic E-state index is 11.9. The number of carbonyl (C=O) groups is 1. The minimum Gasteiger partial charge on any atom is -0.350 e. The Morgan fingerprint density at radius 1 is 1.21 bits per heavy atom. The standard InChI is InChI=1S/C13H18Cl2N2O.ClH/c1-3-13(16,4-2)8-17-12(18)9-5-10(14)7-11(15)6-9;/h5-7H,3-4,8,16H2,1-2H3,(H,17,18);1H. The molecular formula is C13H19Cl3N2O. The number of rotatable bonds is 5. The average Bonchev–Trinajstić information content (AvgIpc) is 2.34. The Kier molecular flexibility index (Phi) is 7.75. The molecule has 0 heterocycles. The summed E-state index contributed by atoms with van der Waals surface area (Å²) in [7, 11) is 0. The normalized spacial score (nSPS) is 10.8. The molecule has 3 nitrogen and oxygen atoms in total. The van der Waals surface area contributed by atoms with E-state index in [-0.39, 0.29) is 23.9 Å². The number of amides is 1. The van der Waals surface area contributed by atoms with E-state index in [0.717, 1.165) is 12.8 Å². The van der Waals surface area contributed by atoms with Gasteiger partial charge in [0.15, 0.2) is 0 Å². The number of nitrogens with two attached hydrogens (primary N) is 1. The third kappa shape index (κ3) is 5.57. The van der Waals surface area contributed by atoms with Gasteiger partial charge in [-0.2, -0.15) is 0 Å². The van der Waals surface area contributed by atoms with Gasteiger partial charge in [-0.25, -0.2) is 0 Å². The summed E-state index contributed by atoms with van der Waals surface area (Å²) < 4.78 is 0. The molecule has 3 N–H and O–H groups in total. The Hall–Kier alpha value is -0.480. The van der Waals surface area contributed by atoms with Crippen LogP contribution in [-0.4, -0.2) is 18.0 Å². The zero-order valence-corrected chi connectivity index (χ0v) is 13.3. The van der Waals surface area contributed by atoms with Gasteiger partial charge in [-0.05, 0) is 31.0 Å². The number of halogens is 3. The van der Waals surface area contributed by atoms with Crippen LogP contribution >= 0.6 is 35.6 Å². The lowest BCUT2D eigenvalue weighted by Crippen LogP contribution is -2.49. The molecule has 1 aromatic carbocycles. The van der Waals surface area contributed by atoms with Gasteiger partial charge < -0.3 is 11.1 Å². The van der Waals surface area contributed by atoms with Gasteiger partial charge in [0.2, 0.25) is 0 Å². The lowest BCUT2D eigenvalue weighted by Gasteiger charge is -2.26. The van der Waals surface area contributed by atoms with Gasteiger partial charge in [-0.15, -0.1) is 12.4 Å². The molecule has 0 radical (unpaired) electrons. The van der Waals surface area contributed by atoms with Gasteiger partial charge in [0.05, 0.1) is 0 Å². The molecular weight excluding hydrogens is 307 g/mol. The highest BCUT2D eigenvalue weighted by molar-refractivity contribution is 6.35. The zero-order valence-electron chi connectivity index (χ0n) is 11.0. The van der Waals surface area contributed by atoms with Gasteiger partial charge in [-0.1, -0.05) is 37.0 Å². The summed E-state index contributed by atoms with van der Waals surface area (Å²) >= 11 is 11.7. The quantitative estimate of drug-likeness (QED) is 0.868. The van der Waals surface area contributed by atoms with Gasteiger partial charge in [0.25, 0.3) is 5.91 Å². The maximum atomic E-state index is 11.9. The summed E-state index contributed by atoms with van der Waals surface area (Å²) in [5.41, 5.74) is 6.20. The molecule has 108 valence electrons. The largest absolute Gasteiger partial charge is 0.350 e. The monoisotopic (exact) mass is 324 g/mol. The number of benzene rings is 1. The van der Waals surface area contributed by atoms with Crippen molar-refractivity contribution in [1.82, 2.24) is 5.32 Å². The minimum atomic E-state index is -0.363. The molecule has 6 heteroatoms. The molecule has 0 aromatic heterocycles. The van der Waals surface area contributed by atoms with E-state index in [1.165, 1.54) is 0 Å². The Morgan fingerprint density at radius 3 is 2.11 bits per heavy atom. The Balaban J connectivity index is 0.00000324. The highest BCUT2D eigenvalue weighted by atomic mass is 35.5. The van der Waals surface area contributed by atoms with E-state index in [1.807, 2.05) is 13.8 Å². The van der Waals surface area contributed by atoms with Crippen LogP contribution in [0, 0.1) is 0 Å². The van der Waals surface area contributed by atoms with Crippen LogP contribution in [0.4, 0.5) is 0 Å². The molecule has 0 bridgehead atoms. The molecule has 1 rings (SSSR count). The van der Waals surface area contributed by atoms with Crippen LogP contribution in [0.1, 0.15) is 37.0 Å². The third-order valence-electron chi connectivity index (χ3n) is 3.13. The van der Waals surface area contributed by atoms with Crippen LogP contribution in [0.3, 0.4) is 0 Å². The van der Waals surface area contributed by atoms with Crippen molar-refractivity contribution >= 4 is 41.5 Å². The Morgan fingerprint density at radius 2 is 1.68 bits per heavy atom. The second-order valence-corrected chi connectivity index (χ2v) is 5.28. The van der Waals surface area contributed by atoms with Gasteiger partial charge in [0.1, 0.15) is 0 Å². The van der Waals surface area contributed by atoms with Crippen molar-refractivity contribution in [3.63, 3.8) is 0 Å². The third-order valence-corrected chi connectivity index (χ3v) is 3.57. The Labute approximate surface area is 130 Å². The first-order valence-electron chi connectivity index (χ1n) is 5.93. The zero-order chi connectivity index (χ0) is 13.8. The van der Waals surface area contributed by atoms with Crippen LogP contribution in [0.5, 0.6) is 0 Å². The molecule has 0 aliphatic rings. The predicted octanol–water partition coefficient (Wildman–Crippen LogP) is 3.66. The molecule has 0 saturated carbocycles. The van der Waals surface area contributed by atoms with Gasteiger partial charge in [0, 0.05) is 27.7 Å². The SMILES string of the molecule is CCC(N)(CC)CNC(=O)c1cc(Cl)cc(Cl)c1.Cl. The number of nitrogens with one attached hydrogen (secondary N) is 1. The van der Waals surface area contributed by atoms with Crippen molar-refractivity contribution in [3.05, 3.63) is 33.8 Å². The van der Waals surface area contributed by atoms with Crippen LogP contribution in [0.2, 0.25) is 10.0 Å². The summed E-state index contributed by atoms with van der Waals surface area (Å²) in [6.07, 6.45) is 1.61. The lowest BCUT2D eigenvalue weighted by molar-refractivity contribution is 0.0942. The summed E-state index contributed by atoms with van der Waals surface area (Å²) in [5.74, 6) is -0.212. The molecule has 0 unspecified atom stereocenters. The van der Waals surface area contributed by atoms with Crippen molar-refractivity contribution in [2.45, 2.75) is 32.2 Å². The summed E-state index contributed by atoms with van der Waals surface area (Å²) in [5, 5.41) is 3.70. The fourth-order valence-corrected chi connectivity index (χ4v) is 2.07. The average molecular weight is 326 g/mol. The summed E-state index contributed by atoms with van der Waals surface area (Å²) in [6, 6.07) is 4.75. The fourth-order valence-electron chi connectivity index (χ4n) is 1.54. The first kappa shape index (κ1) is 18.5. The summed E-state index contributed by atoms with van der Waals surface area (Å²) in [4.78, 5) is 11.9. The fraction of sp³-hybridized carbons (Fsp3) is 0.462. The lowest BCUT2D eigenvalue weighted by atomic mass is 9.94. The van der Waals surface area contributed by atoms with Crippen LogP contribution < -0.4 is 11.1 Å². The second-order valence-electron chi connectivity index (χ2n) is 4.41. The molecule has 0 fully saturated rings. The van der Waals surface area contributed by atoms with Crippen LogP contribution in [0.25, 0.3) is 0 Å². The Bertz CT molecular complexity index is 414. The van der Waals surface area contributed by atoms with Crippen molar-refractivity contribution < 1.29 is 4.79 Å². The summed E-state index contributed by atoms with van der Waals surface area (Å²) in [6.45, 7) is 4.45. The van der Waals surface area contributed by atoms with E-state index >= 15 is 0 Å². The van der Waals surface area contributed by atoms with E-state index in [9.17, 15) is 4.79 Å². The smallest absolute Gasteiger partial charge is 0.251 e. The number of hydrogen-bond acceptors (Lipinski definition) is 2. The van der Waals surface area contributed by atoms with E-state index in [0.29, 0.717) is 22.2 Å². The first-order chi connectivity index (χ1) is 8.40. The highest BCUT2D eigenvalue weighted by Crippen LogP contribution is 2.19. The molecule has 19 heavy (non-hydrogen) atoms. The molecule has 1 aromatic rings. The van der Waals surface area contributed by atoms with Gasteiger partial charge >= 0.3 is 0 Å². The second kappa shape index (κ2) is 7.95. The topological polar surface area (TPSA) is 55.1 Å². The minimum absolute atomic E-state index is 0. The maximum Gasteiger partial charge on any atom is 0.251 e. The van der Waals surface area contributed by atoms with Crippen molar-refractivity contribution in [2.75, 3.05) is 6.54 Å². The van der Waals surface area contributed by atoms with Gasteiger partial charge in [-0.3, -0.25) is 4.79 Å².